The van der Waals surface area contributed by atoms with Gasteiger partial charge in [-0.1, -0.05) is 0 Å². The topological polar surface area (TPSA) is 98.1 Å². The van der Waals surface area contributed by atoms with Crippen LogP contribution in [0.1, 0.15) is 16.2 Å². The molecule has 0 aliphatic heterocycles. The zero-order valence-corrected chi connectivity index (χ0v) is 12.3. The van der Waals surface area contributed by atoms with Crippen molar-refractivity contribution >= 4 is 5.97 Å². The second kappa shape index (κ2) is 6.78. The number of nitrogens with zero attached hydrogens (tertiary/aromatic N) is 4. The van der Waals surface area contributed by atoms with Gasteiger partial charge in [-0.15, -0.1) is 0 Å². The minimum Gasteiger partial charge on any atom is -0.476 e. The number of rotatable bonds is 5. The van der Waals surface area contributed by atoms with Crippen LogP contribution in [-0.4, -0.2) is 31.0 Å². The van der Waals surface area contributed by atoms with E-state index in [1.54, 1.807) is 12.3 Å². The minimum atomic E-state index is -1.21. The maximum atomic E-state index is 13.1. The molecule has 0 aliphatic carbocycles. The fourth-order valence-corrected chi connectivity index (χ4v) is 1.93. The van der Waals surface area contributed by atoms with Crippen LogP contribution in [0.5, 0.6) is 5.88 Å². The fourth-order valence-electron chi connectivity index (χ4n) is 1.93. The maximum absolute atomic E-state index is 13.1. The van der Waals surface area contributed by atoms with Gasteiger partial charge in [0.05, 0.1) is 11.9 Å². The Labute approximate surface area is 135 Å². The normalized spacial score (nSPS) is 10.4. The number of benzene rings is 1. The zero-order valence-electron chi connectivity index (χ0n) is 12.3. The molecule has 7 nitrogen and oxygen atoms in total. The second-order valence-corrected chi connectivity index (χ2v) is 4.71. The summed E-state index contributed by atoms with van der Waals surface area (Å²) in [5.74, 6) is -1.50. The van der Waals surface area contributed by atoms with Crippen molar-refractivity contribution in [1.82, 2.24) is 19.9 Å². The molecule has 0 bridgehead atoms. The number of carboxylic acid groups (broad SMARTS) is 1. The molecule has 1 N–H and O–H groups in total. The molecule has 1 aromatic carbocycles. The van der Waals surface area contributed by atoms with Crippen molar-refractivity contribution in [3.63, 3.8) is 0 Å². The predicted molar refractivity (Wildman–Crippen MR) is 80.7 cm³/mol. The van der Waals surface area contributed by atoms with Crippen molar-refractivity contribution < 1.29 is 19.0 Å². The third kappa shape index (κ3) is 3.49. The van der Waals surface area contributed by atoms with Gasteiger partial charge in [-0.3, -0.25) is 0 Å². The van der Waals surface area contributed by atoms with E-state index in [0.29, 0.717) is 11.3 Å². The van der Waals surface area contributed by atoms with E-state index in [-0.39, 0.29) is 23.9 Å². The third-order valence-corrected chi connectivity index (χ3v) is 3.08. The molecule has 0 atom stereocenters. The van der Waals surface area contributed by atoms with Gasteiger partial charge in [0.25, 0.3) is 0 Å². The van der Waals surface area contributed by atoms with Crippen LogP contribution in [0.4, 0.5) is 4.39 Å². The molecule has 0 saturated carbocycles. The Hall–Kier alpha value is -3.42. The summed E-state index contributed by atoms with van der Waals surface area (Å²) in [4.78, 5) is 27.0. The average Bonchev–Trinajstić information content (AvgIpc) is 2.61. The van der Waals surface area contributed by atoms with Crippen molar-refractivity contribution in [2.24, 2.45) is 0 Å². The van der Waals surface area contributed by atoms with E-state index < -0.39 is 11.8 Å². The minimum absolute atomic E-state index is 0.109. The summed E-state index contributed by atoms with van der Waals surface area (Å²) in [6.45, 7) is 0.109. The number of carboxylic acids is 1. The van der Waals surface area contributed by atoms with E-state index in [0.717, 1.165) is 6.20 Å². The number of ether oxygens (including phenoxy) is 1. The number of hydrogen-bond donors (Lipinski definition) is 1. The molecule has 0 aliphatic rings. The molecular weight excluding hydrogens is 315 g/mol. The lowest BCUT2D eigenvalue weighted by Gasteiger charge is -2.10. The van der Waals surface area contributed by atoms with Gasteiger partial charge in [-0.25, -0.2) is 29.1 Å². The van der Waals surface area contributed by atoms with Gasteiger partial charge < -0.3 is 9.84 Å². The SMILES string of the molecule is O=C(O)c1cnc(OCc2ccncn2)c(-c2ccc(F)cc2)n1. The monoisotopic (exact) mass is 326 g/mol. The molecule has 120 valence electrons. The summed E-state index contributed by atoms with van der Waals surface area (Å²) in [5, 5.41) is 9.08. The van der Waals surface area contributed by atoms with Crippen LogP contribution in [0.2, 0.25) is 0 Å². The first kappa shape index (κ1) is 15.5. The van der Waals surface area contributed by atoms with Gasteiger partial charge in [-0.05, 0) is 30.3 Å². The molecule has 0 fully saturated rings. The van der Waals surface area contributed by atoms with E-state index in [4.69, 9.17) is 9.84 Å². The molecule has 0 saturated heterocycles. The molecule has 8 heteroatoms. The van der Waals surface area contributed by atoms with E-state index in [9.17, 15) is 9.18 Å². The van der Waals surface area contributed by atoms with Gasteiger partial charge in [0, 0.05) is 11.8 Å². The van der Waals surface area contributed by atoms with Crippen molar-refractivity contribution in [2.75, 3.05) is 0 Å². The lowest BCUT2D eigenvalue weighted by Crippen LogP contribution is -2.07. The molecule has 24 heavy (non-hydrogen) atoms. The van der Waals surface area contributed by atoms with E-state index in [2.05, 4.69) is 19.9 Å². The largest absolute Gasteiger partial charge is 0.476 e. The molecule has 0 unspecified atom stereocenters. The van der Waals surface area contributed by atoms with Gasteiger partial charge in [0.2, 0.25) is 5.88 Å². The van der Waals surface area contributed by atoms with Crippen LogP contribution >= 0.6 is 0 Å². The molecule has 3 aromatic rings. The lowest BCUT2D eigenvalue weighted by molar-refractivity contribution is 0.0690. The average molecular weight is 326 g/mol. The Bertz CT molecular complexity index is 857. The van der Waals surface area contributed by atoms with Crippen LogP contribution in [0.25, 0.3) is 11.3 Å². The summed E-state index contributed by atoms with van der Waals surface area (Å²) >= 11 is 0. The summed E-state index contributed by atoms with van der Waals surface area (Å²) in [7, 11) is 0. The van der Waals surface area contributed by atoms with E-state index >= 15 is 0 Å². The Balaban J connectivity index is 1.95. The van der Waals surface area contributed by atoms with E-state index in [1.807, 2.05) is 0 Å². The van der Waals surface area contributed by atoms with Gasteiger partial charge in [0.15, 0.2) is 5.69 Å². The van der Waals surface area contributed by atoms with Crippen LogP contribution in [-0.2, 0) is 6.61 Å². The molecule has 3 rings (SSSR count). The molecule has 0 spiro atoms. The second-order valence-electron chi connectivity index (χ2n) is 4.71. The maximum Gasteiger partial charge on any atom is 0.356 e. The highest BCUT2D eigenvalue weighted by atomic mass is 19.1. The standard InChI is InChI=1S/C16H11FN4O3/c17-11-3-1-10(2-4-11)14-15(19-7-13(21-14)16(22)23)24-8-12-5-6-18-9-20-12/h1-7,9H,8H2,(H,22,23). The molecule has 2 aromatic heterocycles. The first-order valence-corrected chi connectivity index (χ1v) is 6.87. The van der Waals surface area contributed by atoms with Gasteiger partial charge in [0.1, 0.15) is 24.4 Å². The van der Waals surface area contributed by atoms with Crippen LogP contribution in [0.15, 0.2) is 49.1 Å². The summed E-state index contributed by atoms with van der Waals surface area (Å²) < 4.78 is 18.7. The fraction of sp³-hybridized carbons (Fsp3) is 0.0625. The van der Waals surface area contributed by atoms with Crippen molar-refractivity contribution in [1.29, 1.82) is 0 Å². The highest BCUT2D eigenvalue weighted by molar-refractivity contribution is 5.86. The smallest absolute Gasteiger partial charge is 0.356 e. The number of carbonyl (C=O) groups is 1. The van der Waals surface area contributed by atoms with Gasteiger partial charge >= 0.3 is 5.97 Å². The molecular formula is C16H11FN4O3. The number of hydrogen-bond acceptors (Lipinski definition) is 6. The van der Waals surface area contributed by atoms with Crippen LogP contribution in [0, 0.1) is 5.82 Å². The van der Waals surface area contributed by atoms with Crippen LogP contribution in [0.3, 0.4) is 0 Å². The molecule has 2 heterocycles. The number of aromatic nitrogens is 4. The number of halogens is 1. The summed E-state index contributed by atoms with van der Waals surface area (Å²) in [5.41, 5.74) is 1.09. The van der Waals surface area contributed by atoms with Crippen molar-refractivity contribution in [3.05, 3.63) is 66.3 Å². The Morgan fingerprint density at radius 3 is 2.62 bits per heavy atom. The zero-order chi connectivity index (χ0) is 16.9. The Morgan fingerprint density at radius 2 is 1.96 bits per heavy atom. The Kier molecular flexibility index (Phi) is 4.37. The van der Waals surface area contributed by atoms with Gasteiger partial charge in [-0.2, -0.15) is 0 Å². The van der Waals surface area contributed by atoms with Crippen LogP contribution < -0.4 is 4.74 Å². The Morgan fingerprint density at radius 1 is 1.17 bits per heavy atom. The van der Waals surface area contributed by atoms with E-state index in [1.165, 1.54) is 30.6 Å². The first-order chi connectivity index (χ1) is 11.6. The highest BCUT2D eigenvalue weighted by Crippen LogP contribution is 2.27. The number of aromatic carboxylic acids is 1. The highest BCUT2D eigenvalue weighted by Gasteiger charge is 2.15. The molecule has 0 radical (unpaired) electrons. The quantitative estimate of drug-likeness (QED) is 0.768. The summed E-state index contributed by atoms with van der Waals surface area (Å²) in [6, 6.07) is 7.12. The first-order valence-electron chi connectivity index (χ1n) is 6.87. The summed E-state index contributed by atoms with van der Waals surface area (Å²) in [6.07, 6.45) is 4.06. The third-order valence-electron chi connectivity index (χ3n) is 3.08. The van der Waals surface area contributed by atoms with Crippen molar-refractivity contribution in [2.45, 2.75) is 6.61 Å². The predicted octanol–water partition coefficient (Wildman–Crippen LogP) is 2.35. The van der Waals surface area contributed by atoms with Crippen molar-refractivity contribution in [3.8, 4) is 17.1 Å². The molecule has 0 amide bonds. The lowest BCUT2D eigenvalue weighted by atomic mass is 10.1.